The van der Waals surface area contributed by atoms with E-state index in [1.54, 1.807) is 0 Å². The molecule has 15 heavy (non-hydrogen) atoms. The van der Waals surface area contributed by atoms with Crippen LogP contribution in [-0.4, -0.2) is 25.7 Å². The largest absolute Gasteiger partial charge is 0.314 e. The molecule has 0 aromatic heterocycles. The number of rotatable bonds is 7. The minimum atomic E-state index is 0.188. The quantitative estimate of drug-likeness (QED) is 0.681. The van der Waals surface area contributed by atoms with Gasteiger partial charge in [0.1, 0.15) is 0 Å². The molecule has 0 unspecified atom stereocenters. The van der Waals surface area contributed by atoms with Crippen LogP contribution in [0.25, 0.3) is 0 Å². The van der Waals surface area contributed by atoms with E-state index in [1.807, 2.05) is 7.05 Å². The second-order valence-corrected chi connectivity index (χ2v) is 6.50. The first kappa shape index (κ1) is 14.9. The third-order valence-electron chi connectivity index (χ3n) is 2.81. The van der Waals surface area contributed by atoms with Crippen molar-refractivity contribution in [3.8, 4) is 0 Å². The molecule has 0 bridgehead atoms. The Balaban J connectivity index is 3.84. The molecule has 0 spiro atoms. The zero-order chi connectivity index (χ0) is 12.1. The van der Waals surface area contributed by atoms with Gasteiger partial charge in [-0.1, -0.05) is 27.7 Å². The minimum absolute atomic E-state index is 0.188. The maximum absolute atomic E-state index is 3.56. The van der Waals surface area contributed by atoms with E-state index in [1.165, 1.54) is 6.42 Å². The molecule has 0 fully saturated rings. The zero-order valence-corrected chi connectivity index (χ0v) is 11.7. The molecule has 0 radical (unpaired) electrons. The summed E-state index contributed by atoms with van der Waals surface area (Å²) in [6, 6.07) is 0. The van der Waals surface area contributed by atoms with Gasteiger partial charge in [-0.2, -0.15) is 0 Å². The van der Waals surface area contributed by atoms with E-state index in [0.717, 1.165) is 19.0 Å². The standard InChI is InChI=1S/C13H30N2/c1-11(2)8-12(3,4)9-15-10-13(5,6)14-7/h11,14-15H,8-10H2,1-7H3. The second kappa shape index (κ2) is 5.86. The number of likely N-dealkylation sites (N-methyl/N-ethyl adjacent to an activating group) is 1. The van der Waals surface area contributed by atoms with Crippen molar-refractivity contribution in [1.82, 2.24) is 10.6 Å². The average molecular weight is 214 g/mol. The topological polar surface area (TPSA) is 24.1 Å². The molecule has 2 N–H and O–H groups in total. The van der Waals surface area contributed by atoms with Crippen LogP contribution in [0.1, 0.15) is 48.0 Å². The maximum atomic E-state index is 3.56. The van der Waals surface area contributed by atoms with Gasteiger partial charge < -0.3 is 10.6 Å². The predicted molar refractivity (Wildman–Crippen MR) is 69.2 cm³/mol. The third kappa shape index (κ3) is 7.80. The van der Waals surface area contributed by atoms with Gasteiger partial charge in [0, 0.05) is 18.6 Å². The van der Waals surface area contributed by atoms with Gasteiger partial charge >= 0.3 is 0 Å². The molecular formula is C13H30N2. The maximum Gasteiger partial charge on any atom is 0.0246 e. The zero-order valence-electron chi connectivity index (χ0n) is 11.7. The lowest BCUT2D eigenvalue weighted by Crippen LogP contribution is -2.47. The van der Waals surface area contributed by atoms with E-state index >= 15 is 0 Å². The molecule has 0 amide bonds. The van der Waals surface area contributed by atoms with Crippen LogP contribution in [0, 0.1) is 11.3 Å². The Hall–Kier alpha value is -0.0800. The van der Waals surface area contributed by atoms with E-state index in [4.69, 9.17) is 0 Å². The van der Waals surface area contributed by atoms with Crippen molar-refractivity contribution in [2.75, 3.05) is 20.1 Å². The first-order chi connectivity index (χ1) is 6.68. The first-order valence-electron chi connectivity index (χ1n) is 6.08. The Morgan fingerprint density at radius 1 is 1.00 bits per heavy atom. The van der Waals surface area contributed by atoms with Crippen LogP contribution < -0.4 is 10.6 Å². The Morgan fingerprint density at radius 2 is 1.53 bits per heavy atom. The summed E-state index contributed by atoms with van der Waals surface area (Å²) in [5.74, 6) is 0.777. The van der Waals surface area contributed by atoms with Crippen LogP contribution >= 0.6 is 0 Å². The molecule has 2 nitrogen and oxygen atoms in total. The lowest BCUT2D eigenvalue weighted by molar-refractivity contribution is 0.260. The molecule has 2 heteroatoms. The van der Waals surface area contributed by atoms with Gasteiger partial charge in [0.2, 0.25) is 0 Å². The lowest BCUT2D eigenvalue weighted by atomic mass is 9.84. The second-order valence-electron chi connectivity index (χ2n) is 6.50. The molecule has 0 saturated heterocycles. The fraction of sp³-hybridized carbons (Fsp3) is 1.00. The molecule has 0 aromatic rings. The highest BCUT2D eigenvalue weighted by molar-refractivity contribution is 4.80. The fourth-order valence-electron chi connectivity index (χ4n) is 1.98. The van der Waals surface area contributed by atoms with Crippen molar-refractivity contribution in [2.24, 2.45) is 11.3 Å². The summed E-state index contributed by atoms with van der Waals surface area (Å²) in [7, 11) is 2.01. The number of nitrogens with one attached hydrogen (secondary N) is 2. The van der Waals surface area contributed by atoms with E-state index < -0.39 is 0 Å². The van der Waals surface area contributed by atoms with Crippen LogP contribution in [-0.2, 0) is 0 Å². The van der Waals surface area contributed by atoms with Gasteiger partial charge in [-0.25, -0.2) is 0 Å². The van der Waals surface area contributed by atoms with Crippen molar-refractivity contribution in [2.45, 2.75) is 53.5 Å². The summed E-state index contributed by atoms with van der Waals surface area (Å²) in [5, 5.41) is 6.87. The van der Waals surface area contributed by atoms with Gasteiger partial charge in [0.15, 0.2) is 0 Å². The molecular weight excluding hydrogens is 184 g/mol. The van der Waals surface area contributed by atoms with Crippen molar-refractivity contribution >= 4 is 0 Å². The van der Waals surface area contributed by atoms with E-state index in [2.05, 4.69) is 52.2 Å². The molecule has 0 aliphatic carbocycles. The first-order valence-corrected chi connectivity index (χ1v) is 6.08. The summed E-state index contributed by atoms with van der Waals surface area (Å²) in [6.07, 6.45) is 1.28. The van der Waals surface area contributed by atoms with Crippen LogP contribution in [0.15, 0.2) is 0 Å². The predicted octanol–water partition coefficient (Wildman–Crippen LogP) is 2.65. The summed E-state index contributed by atoms with van der Waals surface area (Å²) < 4.78 is 0. The SMILES string of the molecule is CNC(C)(C)CNCC(C)(C)CC(C)C. The molecule has 0 rings (SSSR count). The molecule has 0 aliphatic heterocycles. The normalized spacial score (nSPS) is 13.6. The smallest absolute Gasteiger partial charge is 0.0246 e. The highest BCUT2D eigenvalue weighted by Crippen LogP contribution is 2.24. The van der Waals surface area contributed by atoms with Gasteiger partial charge in [-0.3, -0.25) is 0 Å². The summed E-state index contributed by atoms with van der Waals surface area (Å²) in [6.45, 7) is 15.8. The van der Waals surface area contributed by atoms with Crippen LogP contribution in [0.2, 0.25) is 0 Å². The average Bonchev–Trinajstić information content (AvgIpc) is 2.00. The number of hydrogen-bond donors (Lipinski definition) is 2. The van der Waals surface area contributed by atoms with Gasteiger partial charge in [-0.15, -0.1) is 0 Å². The van der Waals surface area contributed by atoms with Crippen molar-refractivity contribution in [1.29, 1.82) is 0 Å². The monoisotopic (exact) mass is 214 g/mol. The van der Waals surface area contributed by atoms with Gasteiger partial charge in [0.25, 0.3) is 0 Å². The van der Waals surface area contributed by atoms with Gasteiger partial charge in [0.05, 0.1) is 0 Å². The van der Waals surface area contributed by atoms with Crippen LogP contribution in [0.5, 0.6) is 0 Å². The van der Waals surface area contributed by atoms with Crippen molar-refractivity contribution in [3.63, 3.8) is 0 Å². The molecule has 0 atom stereocenters. The van der Waals surface area contributed by atoms with Crippen molar-refractivity contribution < 1.29 is 0 Å². The molecule has 0 aromatic carbocycles. The van der Waals surface area contributed by atoms with E-state index in [0.29, 0.717) is 5.41 Å². The molecule has 0 aliphatic rings. The summed E-state index contributed by atoms with van der Waals surface area (Å²) in [5.41, 5.74) is 0.589. The van der Waals surface area contributed by atoms with Crippen LogP contribution in [0.3, 0.4) is 0 Å². The van der Waals surface area contributed by atoms with Gasteiger partial charge in [-0.05, 0) is 38.6 Å². The third-order valence-corrected chi connectivity index (χ3v) is 2.81. The Labute approximate surface area is 96.2 Å². The van der Waals surface area contributed by atoms with E-state index in [-0.39, 0.29) is 5.54 Å². The van der Waals surface area contributed by atoms with E-state index in [9.17, 15) is 0 Å². The van der Waals surface area contributed by atoms with Crippen molar-refractivity contribution in [3.05, 3.63) is 0 Å². The summed E-state index contributed by atoms with van der Waals surface area (Å²) >= 11 is 0. The Morgan fingerprint density at radius 3 is 1.93 bits per heavy atom. The highest BCUT2D eigenvalue weighted by Gasteiger charge is 2.21. The number of hydrogen-bond acceptors (Lipinski definition) is 2. The molecule has 0 saturated carbocycles. The highest BCUT2D eigenvalue weighted by atomic mass is 15.0. The Kier molecular flexibility index (Phi) is 5.82. The molecule has 92 valence electrons. The molecule has 0 heterocycles. The summed E-state index contributed by atoms with van der Waals surface area (Å²) in [4.78, 5) is 0. The minimum Gasteiger partial charge on any atom is -0.314 e. The Bertz CT molecular complexity index is 171. The van der Waals surface area contributed by atoms with Crippen LogP contribution in [0.4, 0.5) is 0 Å². The fourth-order valence-corrected chi connectivity index (χ4v) is 1.98. The lowest BCUT2D eigenvalue weighted by Gasteiger charge is -2.30.